The van der Waals surface area contributed by atoms with Gasteiger partial charge < -0.3 is 9.84 Å². The third-order valence-electron chi connectivity index (χ3n) is 3.35. The van der Waals surface area contributed by atoms with Gasteiger partial charge in [-0.05, 0) is 32.4 Å². The highest BCUT2D eigenvalue weighted by Crippen LogP contribution is 2.19. The van der Waals surface area contributed by atoms with E-state index in [0.717, 1.165) is 5.56 Å². The van der Waals surface area contributed by atoms with Gasteiger partial charge in [-0.25, -0.2) is 13.2 Å². The molecule has 0 radical (unpaired) electrons. The van der Waals surface area contributed by atoms with E-state index in [1.54, 1.807) is 37.3 Å². The number of rotatable bonds is 8. The van der Waals surface area contributed by atoms with Crippen LogP contribution < -0.4 is 0 Å². The molecule has 0 fully saturated rings. The summed E-state index contributed by atoms with van der Waals surface area (Å²) in [7, 11) is -2.44. The van der Waals surface area contributed by atoms with Gasteiger partial charge in [0.2, 0.25) is 10.0 Å². The second-order valence-electron chi connectivity index (χ2n) is 5.17. The lowest BCUT2D eigenvalue weighted by atomic mass is 10.2. The van der Waals surface area contributed by atoms with Gasteiger partial charge in [0.1, 0.15) is 0 Å². The van der Waals surface area contributed by atoms with Crippen LogP contribution in [0.2, 0.25) is 0 Å². The summed E-state index contributed by atoms with van der Waals surface area (Å²) < 4.78 is 31.2. The Bertz CT molecular complexity index is 637. The Morgan fingerprint density at radius 2 is 1.96 bits per heavy atom. The Balaban J connectivity index is 2.94. The molecule has 0 aliphatic heterocycles. The van der Waals surface area contributed by atoms with E-state index in [1.165, 1.54) is 17.5 Å². The molecule has 0 heterocycles. The summed E-state index contributed by atoms with van der Waals surface area (Å²) in [6, 6.07) is 5.99. The number of hydrogen-bond donors (Lipinski definition) is 1. The zero-order chi connectivity index (χ0) is 17.5. The average molecular weight is 341 g/mol. The largest absolute Gasteiger partial charge is 0.466 e. The van der Waals surface area contributed by atoms with E-state index >= 15 is 0 Å². The van der Waals surface area contributed by atoms with Crippen molar-refractivity contribution in [1.82, 2.24) is 4.31 Å². The lowest BCUT2D eigenvalue weighted by Gasteiger charge is -2.26. The van der Waals surface area contributed by atoms with Crippen LogP contribution in [0, 0.1) is 6.92 Å². The van der Waals surface area contributed by atoms with Crippen molar-refractivity contribution in [2.75, 3.05) is 20.3 Å². The first kappa shape index (κ1) is 19.3. The third-order valence-corrected chi connectivity index (χ3v) is 5.38. The zero-order valence-corrected chi connectivity index (χ0v) is 14.4. The maximum absolute atomic E-state index is 12.7. The van der Waals surface area contributed by atoms with Crippen LogP contribution in [0.5, 0.6) is 0 Å². The van der Waals surface area contributed by atoms with Gasteiger partial charge in [-0.3, -0.25) is 0 Å². The molecule has 1 aromatic rings. The van der Waals surface area contributed by atoms with Crippen molar-refractivity contribution in [3.63, 3.8) is 0 Å². The van der Waals surface area contributed by atoms with Crippen LogP contribution in [0.4, 0.5) is 0 Å². The number of sulfonamides is 1. The van der Waals surface area contributed by atoms with Crippen molar-refractivity contribution in [2.45, 2.75) is 31.2 Å². The van der Waals surface area contributed by atoms with Crippen LogP contribution in [0.3, 0.4) is 0 Å². The number of carbonyl (C=O) groups excluding carboxylic acids is 1. The van der Waals surface area contributed by atoms with E-state index in [4.69, 9.17) is 0 Å². The molecule has 0 aliphatic rings. The van der Waals surface area contributed by atoms with Crippen LogP contribution in [0.15, 0.2) is 41.3 Å². The Morgan fingerprint density at radius 1 is 1.35 bits per heavy atom. The minimum absolute atomic E-state index is 0.158. The Morgan fingerprint density at radius 3 is 2.48 bits per heavy atom. The monoisotopic (exact) mass is 341 g/mol. The second-order valence-corrected chi connectivity index (χ2v) is 7.07. The van der Waals surface area contributed by atoms with Crippen molar-refractivity contribution in [3.8, 4) is 0 Å². The number of aliphatic hydroxyl groups is 1. The van der Waals surface area contributed by atoms with E-state index in [9.17, 15) is 18.3 Å². The van der Waals surface area contributed by atoms with Crippen molar-refractivity contribution in [2.24, 2.45) is 0 Å². The minimum atomic E-state index is -3.71. The molecule has 0 unspecified atom stereocenters. The predicted octanol–water partition coefficient (Wildman–Crippen LogP) is 1.49. The van der Waals surface area contributed by atoms with Gasteiger partial charge in [0.25, 0.3) is 0 Å². The molecule has 128 valence electrons. The second kappa shape index (κ2) is 8.81. The fourth-order valence-corrected chi connectivity index (χ4v) is 3.60. The summed E-state index contributed by atoms with van der Waals surface area (Å²) in [6.45, 7) is 3.38. The molecule has 23 heavy (non-hydrogen) atoms. The summed E-state index contributed by atoms with van der Waals surface area (Å²) in [4.78, 5) is 11.2. The Labute approximate surface area is 137 Å². The highest BCUT2D eigenvalue weighted by atomic mass is 32.2. The number of esters is 1. The number of aliphatic hydroxyl groups excluding tert-OH is 1. The predicted molar refractivity (Wildman–Crippen MR) is 87.4 cm³/mol. The van der Waals surface area contributed by atoms with Gasteiger partial charge in [0.05, 0.1) is 18.6 Å². The van der Waals surface area contributed by atoms with Crippen LogP contribution in [0.1, 0.15) is 18.9 Å². The van der Waals surface area contributed by atoms with Crippen molar-refractivity contribution < 1.29 is 23.1 Å². The molecule has 1 rings (SSSR count). The summed E-state index contributed by atoms with van der Waals surface area (Å²) in [5.41, 5.74) is 0.965. The third kappa shape index (κ3) is 5.46. The number of benzene rings is 1. The minimum Gasteiger partial charge on any atom is -0.466 e. The highest BCUT2D eigenvalue weighted by Gasteiger charge is 2.28. The smallest absolute Gasteiger partial charge is 0.330 e. The number of methoxy groups -OCH3 is 1. The summed E-state index contributed by atoms with van der Waals surface area (Å²) in [6.07, 6.45) is 3.14. The fourth-order valence-electron chi connectivity index (χ4n) is 1.96. The lowest BCUT2D eigenvalue weighted by Crippen LogP contribution is -2.41. The van der Waals surface area contributed by atoms with E-state index in [-0.39, 0.29) is 18.0 Å². The summed E-state index contributed by atoms with van der Waals surface area (Å²) in [5.74, 6) is -0.492. The average Bonchev–Trinajstić information content (AvgIpc) is 2.54. The quantitative estimate of drug-likeness (QED) is 0.572. The number of aryl methyl sites for hydroxylation is 1. The van der Waals surface area contributed by atoms with Crippen LogP contribution in [-0.4, -0.2) is 50.1 Å². The van der Waals surface area contributed by atoms with E-state index in [2.05, 4.69) is 4.74 Å². The van der Waals surface area contributed by atoms with Crippen LogP contribution >= 0.6 is 0 Å². The maximum Gasteiger partial charge on any atom is 0.330 e. The summed E-state index contributed by atoms with van der Waals surface area (Å²) >= 11 is 0. The number of carbonyl (C=O) groups is 1. The van der Waals surface area contributed by atoms with Gasteiger partial charge in [-0.2, -0.15) is 4.31 Å². The van der Waals surface area contributed by atoms with Crippen molar-refractivity contribution in [3.05, 3.63) is 42.0 Å². The molecule has 1 N–H and O–H groups in total. The molecule has 1 atom stereocenters. The normalized spacial score (nSPS) is 13.4. The highest BCUT2D eigenvalue weighted by molar-refractivity contribution is 7.89. The summed E-state index contributed by atoms with van der Waals surface area (Å²) in [5, 5.41) is 9.34. The molecule has 0 saturated heterocycles. The molecule has 1 aromatic carbocycles. The first-order valence-corrected chi connectivity index (χ1v) is 8.70. The standard InChI is InChI=1S/C16H23NO5S/c1-13-7-9-15(10-8-13)23(20,21)17(14(2)12-18)11-5-4-6-16(19)22-3/h4,6-10,14,18H,5,11-12H2,1-3H3/b6-4+/t14-/m0/s1. The van der Waals surface area contributed by atoms with E-state index in [0.29, 0.717) is 6.42 Å². The van der Waals surface area contributed by atoms with Crippen molar-refractivity contribution >= 4 is 16.0 Å². The van der Waals surface area contributed by atoms with Gasteiger partial charge in [0, 0.05) is 18.7 Å². The molecule has 0 aromatic heterocycles. The molecule has 0 aliphatic carbocycles. The number of ether oxygens (including phenoxy) is 1. The van der Waals surface area contributed by atoms with Gasteiger partial charge in [0.15, 0.2) is 0 Å². The molecule has 0 spiro atoms. The lowest BCUT2D eigenvalue weighted by molar-refractivity contribution is -0.134. The van der Waals surface area contributed by atoms with Gasteiger partial charge >= 0.3 is 5.97 Å². The van der Waals surface area contributed by atoms with E-state index in [1.807, 2.05) is 6.92 Å². The van der Waals surface area contributed by atoms with Gasteiger partial charge in [-0.15, -0.1) is 0 Å². The molecule has 7 heteroatoms. The first-order chi connectivity index (χ1) is 10.8. The Hall–Kier alpha value is -1.70. The topological polar surface area (TPSA) is 83.9 Å². The van der Waals surface area contributed by atoms with Crippen LogP contribution in [0.25, 0.3) is 0 Å². The maximum atomic E-state index is 12.7. The number of nitrogens with zero attached hydrogens (tertiary/aromatic N) is 1. The SMILES string of the molecule is COC(=O)/C=C/CCN([C@@H](C)CO)S(=O)(=O)c1ccc(C)cc1. The van der Waals surface area contributed by atoms with Crippen molar-refractivity contribution in [1.29, 1.82) is 0 Å². The fraction of sp³-hybridized carbons (Fsp3) is 0.438. The van der Waals surface area contributed by atoms with Gasteiger partial charge in [-0.1, -0.05) is 23.8 Å². The molecule has 0 amide bonds. The molecular formula is C16H23NO5S. The first-order valence-electron chi connectivity index (χ1n) is 7.26. The molecule has 6 nitrogen and oxygen atoms in total. The molecule has 0 bridgehead atoms. The van der Waals surface area contributed by atoms with Crippen LogP contribution in [-0.2, 0) is 19.6 Å². The molecule has 0 saturated carbocycles. The zero-order valence-electron chi connectivity index (χ0n) is 13.6. The van der Waals surface area contributed by atoms with E-state index < -0.39 is 22.0 Å². The number of hydrogen-bond acceptors (Lipinski definition) is 5. The molecular weight excluding hydrogens is 318 g/mol. The Kier molecular flexibility index (Phi) is 7.41.